The number of nitrogens with zero attached hydrogens (tertiary/aromatic N) is 1. The van der Waals surface area contributed by atoms with Gasteiger partial charge in [-0.1, -0.05) is 51.1 Å². The highest BCUT2D eigenvalue weighted by atomic mass is 16.6. The molecule has 1 heterocycles. The summed E-state index contributed by atoms with van der Waals surface area (Å²) in [6, 6.07) is 9.28. The number of aliphatic carboxylic acids is 1. The molecule has 1 saturated heterocycles. The standard InChI is InChI=1S/C18H25NO4/c1-17(2,3)10-12-23-16(22)19-11-9-18(19,15(20)21)13-14-7-5-4-6-8-14/h4-8H,9-13H2,1-3H3,(H,20,21)/p-1/t18-/m1/s1. The molecule has 0 N–H and O–H groups in total. The van der Waals surface area contributed by atoms with Gasteiger partial charge in [-0.15, -0.1) is 0 Å². The Bertz CT molecular complexity index is 564. The number of ether oxygens (including phenoxy) is 1. The second-order valence-electron chi connectivity index (χ2n) is 7.31. The zero-order chi connectivity index (χ0) is 17.1. The van der Waals surface area contributed by atoms with Crippen molar-refractivity contribution in [2.24, 2.45) is 5.41 Å². The first-order chi connectivity index (χ1) is 10.7. The molecule has 1 aliphatic heterocycles. The van der Waals surface area contributed by atoms with Crippen LogP contribution in [0.25, 0.3) is 0 Å². The molecule has 1 aromatic rings. The zero-order valence-electron chi connectivity index (χ0n) is 14.0. The minimum Gasteiger partial charge on any atom is -0.548 e. The van der Waals surface area contributed by atoms with Crippen molar-refractivity contribution >= 4 is 12.1 Å². The molecule has 1 fully saturated rings. The van der Waals surface area contributed by atoms with E-state index >= 15 is 0 Å². The maximum absolute atomic E-state index is 12.2. The molecule has 1 amide bonds. The van der Waals surface area contributed by atoms with E-state index in [9.17, 15) is 14.7 Å². The highest BCUT2D eigenvalue weighted by Crippen LogP contribution is 2.34. The maximum Gasteiger partial charge on any atom is 0.410 e. The minimum absolute atomic E-state index is 0.0602. The Kier molecular flexibility index (Phi) is 4.97. The molecule has 1 atom stereocenters. The smallest absolute Gasteiger partial charge is 0.410 e. The van der Waals surface area contributed by atoms with E-state index in [1.807, 2.05) is 30.3 Å². The second-order valence-corrected chi connectivity index (χ2v) is 7.31. The third-order valence-electron chi connectivity index (χ3n) is 4.28. The predicted molar refractivity (Wildman–Crippen MR) is 84.6 cm³/mol. The number of hydrogen-bond acceptors (Lipinski definition) is 4. The van der Waals surface area contributed by atoms with Crippen molar-refractivity contribution in [1.82, 2.24) is 4.90 Å². The van der Waals surface area contributed by atoms with E-state index in [0.717, 1.165) is 12.0 Å². The van der Waals surface area contributed by atoms with Crippen molar-refractivity contribution in [3.8, 4) is 0 Å². The summed E-state index contributed by atoms with van der Waals surface area (Å²) in [7, 11) is 0. The molecule has 0 aliphatic carbocycles. The summed E-state index contributed by atoms with van der Waals surface area (Å²) < 4.78 is 5.26. The Morgan fingerprint density at radius 1 is 1.26 bits per heavy atom. The van der Waals surface area contributed by atoms with Gasteiger partial charge in [0, 0.05) is 13.0 Å². The fourth-order valence-electron chi connectivity index (χ4n) is 2.68. The Morgan fingerprint density at radius 2 is 1.91 bits per heavy atom. The molecule has 23 heavy (non-hydrogen) atoms. The number of carboxylic acids is 1. The predicted octanol–water partition coefficient (Wildman–Crippen LogP) is 2.00. The fraction of sp³-hybridized carbons (Fsp3) is 0.556. The molecular weight excluding hydrogens is 294 g/mol. The van der Waals surface area contributed by atoms with Crippen molar-refractivity contribution in [2.45, 2.75) is 45.6 Å². The van der Waals surface area contributed by atoms with Crippen LogP contribution in [0.3, 0.4) is 0 Å². The number of carboxylic acid groups (broad SMARTS) is 1. The minimum atomic E-state index is -1.29. The SMILES string of the molecule is CC(C)(C)CCOC(=O)N1CC[C@@]1(Cc1ccccc1)C(=O)[O-]. The van der Waals surface area contributed by atoms with Gasteiger partial charge in [0.2, 0.25) is 0 Å². The Labute approximate surface area is 137 Å². The average molecular weight is 318 g/mol. The van der Waals surface area contributed by atoms with Crippen LogP contribution < -0.4 is 5.11 Å². The highest BCUT2D eigenvalue weighted by Gasteiger charge is 2.49. The van der Waals surface area contributed by atoms with E-state index < -0.39 is 17.6 Å². The van der Waals surface area contributed by atoms with Gasteiger partial charge in [-0.05, 0) is 23.8 Å². The van der Waals surface area contributed by atoms with E-state index in [1.54, 1.807) is 0 Å². The molecule has 1 aromatic carbocycles. The van der Waals surface area contributed by atoms with Gasteiger partial charge in [0.15, 0.2) is 0 Å². The van der Waals surface area contributed by atoms with E-state index in [0.29, 0.717) is 13.0 Å². The summed E-state index contributed by atoms with van der Waals surface area (Å²) in [5, 5.41) is 11.7. The lowest BCUT2D eigenvalue weighted by Crippen LogP contribution is -2.71. The molecule has 0 saturated carbocycles. The molecule has 1 aliphatic rings. The largest absolute Gasteiger partial charge is 0.548 e. The number of rotatable bonds is 5. The zero-order valence-corrected chi connectivity index (χ0v) is 14.0. The van der Waals surface area contributed by atoms with Crippen molar-refractivity contribution in [3.63, 3.8) is 0 Å². The van der Waals surface area contributed by atoms with Gasteiger partial charge in [0.25, 0.3) is 0 Å². The van der Waals surface area contributed by atoms with Gasteiger partial charge in [-0.25, -0.2) is 4.79 Å². The molecule has 0 spiro atoms. The van der Waals surface area contributed by atoms with E-state index in [-0.39, 0.29) is 18.4 Å². The Morgan fingerprint density at radius 3 is 2.39 bits per heavy atom. The quantitative estimate of drug-likeness (QED) is 0.832. The molecule has 5 heteroatoms. The van der Waals surface area contributed by atoms with Crippen molar-refractivity contribution in [1.29, 1.82) is 0 Å². The summed E-state index contributed by atoms with van der Waals surface area (Å²) in [4.78, 5) is 25.2. The van der Waals surface area contributed by atoms with Gasteiger partial charge in [-0.3, -0.25) is 4.90 Å². The lowest BCUT2D eigenvalue weighted by Gasteiger charge is -2.52. The van der Waals surface area contributed by atoms with Crippen molar-refractivity contribution < 1.29 is 19.4 Å². The number of amides is 1. The van der Waals surface area contributed by atoms with Crippen LogP contribution >= 0.6 is 0 Å². The van der Waals surface area contributed by atoms with E-state index in [2.05, 4.69) is 20.8 Å². The average Bonchev–Trinajstić information content (AvgIpc) is 2.42. The molecule has 2 rings (SSSR count). The number of carbonyl (C=O) groups is 2. The van der Waals surface area contributed by atoms with Crippen molar-refractivity contribution in [3.05, 3.63) is 35.9 Å². The van der Waals surface area contributed by atoms with E-state index in [1.165, 1.54) is 4.90 Å². The molecule has 0 bridgehead atoms. The monoisotopic (exact) mass is 318 g/mol. The number of carbonyl (C=O) groups excluding carboxylic acids is 2. The fourth-order valence-corrected chi connectivity index (χ4v) is 2.68. The summed E-state index contributed by atoms with van der Waals surface area (Å²) in [5.74, 6) is -1.22. The summed E-state index contributed by atoms with van der Waals surface area (Å²) in [6.07, 6.45) is 0.785. The Balaban J connectivity index is 2.03. The van der Waals surface area contributed by atoms with Crippen LogP contribution in [0.1, 0.15) is 39.2 Å². The first-order valence-corrected chi connectivity index (χ1v) is 7.94. The van der Waals surface area contributed by atoms with Gasteiger partial charge >= 0.3 is 6.09 Å². The first kappa shape index (κ1) is 17.3. The summed E-state index contributed by atoms with van der Waals surface area (Å²) >= 11 is 0. The lowest BCUT2D eigenvalue weighted by atomic mass is 9.79. The van der Waals surface area contributed by atoms with Crippen LogP contribution in [0.15, 0.2) is 30.3 Å². The molecule has 0 radical (unpaired) electrons. The van der Waals surface area contributed by atoms with Crippen LogP contribution in [-0.2, 0) is 16.0 Å². The third kappa shape index (κ3) is 4.03. The van der Waals surface area contributed by atoms with Gasteiger partial charge < -0.3 is 14.6 Å². The van der Waals surface area contributed by atoms with Crippen molar-refractivity contribution in [2.75, 3.05) is 13.2 Å². The second kappa shape index (κ2) is 6.60. The molecule has 126 valence electrons. The van der Waals surface area contributed by atoms with Crippen LogP contribution in [0.4, 0.5) is 4.79 Å². The van der Waals surface area contributed by atoms with E-state index in [4.69, 9.17) is 4.74 Å². The van der Waals surface area contributed by atoms with Gasteiger partial charge in [-0.2, -0.15) is 0 Å². The van der Waals surface area contributed by atoms with Crippen LogP contribution in [0, 0.1) is 5.41 Å². The summed E-state index contributed by atoms with van der Waals surface area (Å²) in [5.41, 5.74) is -0.367. The lowest BCUT2D eigenvalue weighted by molar-refractivity contribution is -0.323. The van der Waals surface area contributed by atoms with Crippen LogP contribution in [-0.4, -0.2) is 35.7 Å². The maximum atomic E-state index is 12.2. The van der Waals surface area contributed by atoms with Crippen LogP contribution in [0.5, 0.6) is 0 Å². The third-order valence-corrected chi connectivity index (χ3v) is 4.28. The topological polar surface area (TPSA) is 69.7 Å². The van der Waals surface area contributed by atoms with Gasteiger partial charge in [0.05, 0.1) is 18.1 Å². The first-order valence-electron chi connectivity index (χ1n) is 7.94. The number of benzene rings is 1. The normalized spacial score (nSPS) is 20.7. The summed E-state index contributed by atoms with van der Waals surface area (Å²) in [6.45, 7) is 6.85. The van der Waals surface area contributed by atoms with Crippen LogP contribution in [0.2, 0.25) is 0 Å². The van der Waals surface area contributed by atoms with Gasteiger partial charge in [0.1, 0.15) is 0 Å². The highest BCUT2D eigenvalue weighted by molar-refractivity contribution is 5.85. The Hall–Kier alpha value is -2.04. The number of hydrogen-bond donors (Lipinski definition) is 0. The number of likely N-dealkylation sites (tertiary alicyclic amines) is 1. The molecule has 5 nitrogen and oxygen atoms in total. The molecule has 0 unspecified atom stereocenters. The molecular formula is C18H24NO4-. The molecule has 0 aromatic heterocycles.